The molecule has 2 aliphatic heterocycles. The zero-order valence-electron chi connectivity index (χ0n) is 14.0. The second-order valence-corrected chi connectivity index (χ2v) is 7.76. The first kappa shape index (κ1) is 16.1. The lowest BCUT2D eigenvalue weighted by Gasteiger charge is -2.53. The zero-order chi connectivity index (χ0) is 16.4. The van der Waals surface area contributed by atoms with E-state index in [1.807, 2.05) is 30.0 Å². The molecule has 24 heavy (non-hydrogen) atoms. The van der Waals surface area contributed by atoms with Crippen molar-refractivity contribution in [2.75, 3.05) is 19.7 Å². The number of likely N-dealkylation sites (tertiary alicyclic amines) is 1. The molecule has 128 valence electrons. The highest BCUT2D eigenvalue weighted by Gasteiger charge is 2.47. The molecule has 4 heterocycles. The molecule has 0 aromatic carbocycles. The lowest BCUT2D eigenvalue weighted by molar-refractivity contribution is -0.200. The highest BCUT2D eigenvalue weighted by Crippen LogP contribution is 2.36. The molecule has 0 saturated carbocycles. The number of aryl methyl sites for hydroxylation is 1. The lowest BCUT2D eigenvalue weighted by Crippen LogP contribution is -2.65. The van der Waals surface area contributed by atoms with Crippen LogP contribution in [0.4, 0.5) is 0 Å². The van der Waals surface area contributed by atoms with Crippen molar-refractivity contribution in [1.82, 2.24) is 14.9 Å². The third-order valence-electron chi connectivity index (χ3n) is 4.92. The van der Waals surface area contributed by atoms with Crippen LogP contribution in [0.15, 0.2) is 30.0 Å². The number of aromatic nitrogens is 2. The van der Waals surface area contributed by atoms with Crippen LogP contribution in [0.3, 0.4) is 0 Å². The molecule has 1 unspecified atom stereocenters. The van der Waals surface area contributed by atoms with Crippen molar-refractivity contribution < 1.29 is 9.47 Å². The first-order chi connectivity index (χ1) is 11.7. The molecule has 2 aromatic rings. The molecule has 0 bridgehead atoms. The Morgan fingerprint density at radius 3 is 2.96 bits per heavy atom. The van der Waals surface area contributed by atoms with Gasteiger partial charge in [-0.2, -0.15) is 0 Å². The van der Waals surface area contributed by atoms with E-state index in [1.165, 1.54) is 10.4 Å². The molecule has 6 heteroatoms. The molecule has 0 radical (unpaired) electrons. The van der Waals surface area contributed by atoms with Crippen LogP contribution in [0.5, 0.6) is 0 Å². The van der Waals surface area contributed by atoms with E-state index < -0.39 is 0 Å². The number of rotatable bonds is 5. The summed E-state index contributed by atoms with van der Waals surface area (Å²) in [5, 5.41) is 0. The van der Waals surface area contributed by atoms with E-state index >= 15 is 0 Å². The van der Waals surface area contributed by atoms with Crippen LogP contribution in [0.25, 0.3) is 0 Å². The first-order valence-electron chi connectivity index (χ1n) is 8.48. The Kier molecular flexibility index (Phi) is 4.63. The van der Waals surface area contributed by atoms with E-state index in [2.05, 4.69) is 21.8 Å². The minimum Gasteiger partial charge on any atom is -0.373 e. The van der Waals surface area contributed by atoms with Crippen LogP contribution in [-0.4, -0.2) is 46.3 Å². The van der Waals surface area contributed by atoms with Crippen LogP contribution in [-0.2, 0) is 22.6 Å². The fourth-order valence-corrected chi connectivity index (χ4v) is 4.42. The van der Waals surface area contributed by atoms with Gasteiger partial charge in [-0.1, -0.05) is 0 Å². The van der Waals surface area contributed by atoms with Crippen molar-refractivity contribution in [3.63, 3.8) is 0 Å². The summed E-state index contributed by atoms with van der Waals surface area (Å²) < 4.78 is 12.2. The summed E-state index contributed by atoms with van der Waals surface area (Å²) in [6.07, 6.45) is 5.90. The van der Waals surface area contributed by atoms with E-state index in [0.29, 0.717) is 12.7 Å². The van der Waals surface area contributed by atoms with Crippen molar-refractivity contribution in [1.29, 1.82) is 0 Å². The molecule has 0 amide bonds. The van der Waals surface area contributed by atoms with Crippen LogP contribution in [0.2, 0.25) is 0 Å². The van der Waals surface area contributed by atoms with Gasteiger partial charge in [0.1, 0.15) is 0 Å². The SMILES string of the molecule is Cc1ncsc1CN1CC2(CC(OCc3ccncc3)CCO2)C1. The fourth-order valence-electron chi connectivity index (χ4n) is 3.60. The summed E-state index contributed by atoms with van der Waals surface area (Å²) in [6.45, 7) is 6.53. The molecule has 1 spiro atoms. The quantitative estimate of drug-likeness (QED) is 0.834. The molecule has 5 nitrogen and oxygen atoms in total. The highest BCUT2D eigenvalue weighted by atomic mass is 32.1. The van der Waals surface area contributed by atoms with Gasteiger partial charge in [0.05, 0.1) is 29.5 Å². The third kappa shape index (κ3) is 3.52. The Balaban J connectivity index is 1.27. The Bertz CT molecular complexity index is 670. The van der Waals surface area contributed by atoms with Gasteiger partial charge in [0, 0.05) is 49.9 Å². The summed E-state index contributed by atoms with van der Waals surface area (Å²) in [4.78, 5) is 12.2. The number of nitrogens with zero attached hydrogens (tertiary/aromatic N) is 3. The van der Waals surface area contributed by atoms with E-state index in [0.717, 1.165) is 44.8 Å². The van der Waals surface area contributed by atoms with Gasteiger partial charge in [0.2, 0.25) is 0 Å². The lowest BCUT2D eigenvalue weighted by atomic mass is 9.84. The van der Waals surface area contributed by atoms with E-state index in [1.54, 1.807) is 11.3 Å². The summed E-state index contributed by atoms with van der Waals surface area (Å²) in [5.41, 5.74) is 4.27. The second-order valence-electron chi connectivity index (χ2n) is 6.82. The smallest absolute Gasteiger partial charge is 0.0959 e. The summed E-state index contributed by atoms with van der Waals surface area (Å²) >= 11 is 1.75. The van der Waals surface area contributed by atoms with Gasteiger partial charge in [-0.25, -0.2) is 4.98 Å². The predicted molar refractivity (Wildman–Crippen MR) is 92.9 cm³/mol. The maximum absolute atomic E-state index is 6.13. The molecular formula is C18H23N3O2S. The minimum atomic E-state index is -0.000245. The average molecular weight is 345 g/mol. The van der Waals surface area contributed by atoms with Gasteiger partial charge in [-0.05, 0) is 31.0 Å². The molecule has 0 aliphatic carbocycles. The van der Waals surface area contributed by atoms with E-state index in [4.69, 9.17) is 9.47 Å². The molecule has 2 fully saturated rings. The number of ether oxygens (including phenoxy) is 2. The molecule has 2 aromatic heterocycles. The number of thiazole rings is 1. The van der Waals surface area contributed by atoms with Crippen molar-refractivity contribution in [3.8, 4) is 0 Å². The number of hydrogen-bond acceptors (Lipinski definition) is 6. The van der Waals surface area contributed by atoms with Crippen molar-refractivity contribution in [2.24, 2.45) is 0 Å². The summed E-state index contributed by atoms with van der Waals surface area (Å²) in [6, 6.07) is 4.02. The van der Waals surface area contributed by atoms with Gasteiger partial charge < -0.3 is 9.47 Å². The van der Waals surface area contributed by atoms with Gasteiger partial charge in [-0.15, -0.1) is 11.3 Å². The summed E-state index contributed by atoms with van der Waals surface area (Å²) in [5.74, 6) is 0. The Hall–Kier alpha value is -1.34. The maximum Gasteiger partial charge on any atom is 0.0959 e. The van der Waals surface area contributed by atoms with Crippen LogP contribution in [0, 0.1) is 6.92 Å². The first-order valence-corrected chi connectivity index (χ1v) is 9.36. The average Bonchev–Trinajstić information content (AvgIpc) is 2.98. The minimum absolute atomic E-state index is 0.000245. The Morgan fingerprint density at radius 1 is 1.38 bits per heavy atom. The normalized spacial score (nSPS) is 23.3. The predicted octanol–water partition coefficient (Wildman–Crippen LogP) is 2.80. The molecule has 0 N–H and O–H groups in total. The van der Waals surface area contributed by atoms with Gasteiger partial charge in [-0.3, -0.25) is 9.88 Å². The zero-order valence-corrected chi connectivity index (χ0v) is 14.8. The van der Waals surface area contributed by atoms with Crippen molar-refractivity contribution in [3.05, 3.63) is 46.2 Å². The molecule has 4 rings (SSSR count). The standard InChI is InChI=1S/C18H23N3O2S/c1-14-17(24-13-20-14)9-21-11-18(12-21)8-16(4-7-23-18)22-10-15-2-5-19-6-3-15/h2-3,5-6,13,16H,4,7-12H2,1H3. The molecular weight excluding hydrogens is 322 g/mol. The fraction of sp³-hybridized carbons (Fsp3) is 0.556. The second kappa shape index (κ2) is 6.88. The van der Waals surface area contributed by atoms with E-state index in [9.17, 15) is 0 Å². The van der Waals surface area contributed by atoms with Gasteiger partial charge >= 0.3 is 0 Å². The monoisotopic (exact) mass is 345 g/mol. The Labute approximate surface area is 146 Å². The highest BCUT2D eigenvalue weighted by molar-refractivity contribution is 7.09. The van der Waals surface area contributed by atoms with Crippen molar-refractivity contribution in [2.45, 2.75) is 44.6 Å². The molecule has 1 atom stereocenters. The topological polar surface area (TPSA) is 47.5 Å². The Morgan fingerprint density at radius 2 is 2.21 bits per heavy atom. The largest absolute Gasteiger partial charge is 0.373 e. The maximum atomic E-state index is 6.13. The number of hydrogen-bond donors (Lipinski definition) is 0. The van der Waals surface area contributed by atoms with Gasteiger partial charge in [0.25, 0.3) is 0 Å². The van der Waals surface area contributed by atoms with Gasteiger partial charge in [0.15, 0.2) is 0 Å². The third-order valence-corrected chi connectivity index (χ3v) is 5.84. The van der Waals surface area contributed by atoms with Crippen LogP contribution < -0.4 is 0 Å². The van der Waals surface area contributed by atoms with Crippen molar-refractivity contribution >= 4 is 11.3 Å². The number of pyridine rings is 1. The molecule has 2 aliphatic rings. The van der Waals surface area contributed by atoms with Crippen LogP contribution >= 0.6 is 11.3 Å². The van der Waals surface area contributed by atoms with E-state index in [-0.39, 0.29) is 5.60 Å². The van der Waals surface area contributed by atoms with Crippen LogP contribution in [0.1, 0.15) is 29.0 Å². The summed E-state index contributed by atoms with van der Waals surface area (Å²) in [7, 11) is 0. The molecule has 2 saturated heterocycles.